The van der Waals surface area contributed by atoms with Crippen molar-refractivity contribution in [1.29, 1.82) is 0 Å². The molecule has 0 saturated heterocycles. The van der Waals surface area contributed by atoms with E-state index in [0.717, 1.165) is 29.8 Å². The molecule has 0 spiro atoms. The summed E-state index contributed by atoms with van der Waals surface area (Å²) in [6, 6.07) is 12.5. The number of aryl methyl sites for hydroxylation is 1. The first-order chi connectivity index (χ1) is 9.04. The Kier molecular flexibility index (Phi) is 4.17. The fourth-order valence-electron chi connectivity index (χ4n) is 2.04. The van der Waals surface area contributed by atoms with Crippen molar-refractivity contribution in [2.75, 3.05) is 26.4 Å². The molecule has 1 heterocycles. The highest BCUT2D eigenvalue weighted by molar-refractivity contribution is 5.62. The summed E-state index contributed by atoms with van der Waals surface area (Å²) in [4.78, 5) is 6.57. The quantitative estimate of drug-likeness (QED) is 0.913. The van der Waals surface area contributed by atoms with E-state index < -0.39 is 0 Å². The van der Waals surface area contributed by atoms with E-state index in [9.17, 15) is 0 Å². The van der Waals surface area contributed by atoms with Gasteiger partial charge in [0.05, 0.1) is 5.69 Å². The molecule has 0 amide bonds. The van der Waals surface area contributed by atoms with Gasteiger partial charge in [-0.15, -0.1) is 0 Å². The number of likely N-dealkylation sites (N-methyl/N-ethyl adjacent to an activating group) is 1. The smallest absolute Gasteiger partial charge is 0.124 e. The van der Waals surface area contributed by atoms with E-state index in [0.29, 0.717) is 5.82 Å². The predicted molar refractivity (Wildman–Crippen MR) is 81.1 cm³/mol. The van der Waals surface area contributed by atoms with Crippen LogP contribution in [0.2, 0.25) is 0 Å². The highest BCUT2D eigenvalue weighted by Gasteiger charge is 2.02. The third-order valence-corrected chi connectivity index (χ3v) is 3.09. The zero-order chi connectivity index (χ0) is 13.8. The Labute approximate surface area is 115 Å². The number of nitrogens with zero attached hydrogens (tertiary/aromatic N) is 2. The second kappa shape index (κ2) is 5.85. The third kappa shape index (κ3) is 3.80. The molecule has 0 fully saturated rings. The molecule has 0 aliphatic rings. The summed E-state index contributed by atoms with van der Waals surface area (Å²) in [6.07, 6.45) is 1.07. The third-order valence-electron chi connectivity index (χ3n) is 3.09. The highest BCUT2D eigenvalue weighted by Crippen LogP contribution is 2.20. The number of benzene rings is 1. The van der Waals surface area contributed by atoms with Crippen LogP contribution >= 0.6 is 0 Å². The largest absolute Gasteiger partial charge is 0.384 e. The Hall–Kier alpha value is -1.87. The number of hydrogen-bond acceptors (Lipinski definition) is 3. The van der Waals surface area contributed by atoms with Crippen molar-refractivity contribution in [1.82, 2.24) is 9.88 Å². The summed E-state index contributed by atoms with van der Waals surface area (Å²) >= 11 is 0. The molecule has 100 valence electrons. The number of pyridine rings is 1. The fraction of sp³-hybridized carbons (Fsp3) is 0.312. The topological polar surface area (TPSA) is 42.1 Å². The molecule has 0 radical (unpaired) electrons. The summed E-state index contributed by atoms with van der Waals surface area (Å²) < 4.78 is 0. The molecule has 2 rings (SSSR count). The lowest BCUT2D eigenvalue weighted by Gasteiger charge is -2.10. The van der Waals surface area contributed by atoms with E-state index in [2.05, 4.69) is 54.3 Å². The zero-order valence-electron chi connectivity index (χ0n) is 11.9. The number of rotatable bonds is 4. The van der Waals surface area contributed by atoms with Crippen LogP contribution in [0.4, 0.5) is 5.82 Å². The zero-order valence-corrected chi connectivity index (χ0v) is 11.9. The first kappa shape index (κ1) is 13.6. The van der Waals surface area contributed by atoms with Gasteiger partial charge in [-0.25, -0.2) is 4.98 Å². The Morgan fingerprint density at radius 3 is 2.37 bits per heavy atom. The first-order valence-electron chi connectivity index (χ1n) is 6.53. The molecule has 0 saturated carbocycles. The van der Waals surface area contributed by atoms with Crippen molar-refractivity contribution in [3.05, 3.63) is 47.5 Å². The molecular formula is C16H21N3. The molecule has 0 atom stereocenters. The van der Waals surface area contributed by atoms with E-state index in [1.807, 2.05) is 13.0 Å². The van der Waals surface area contributed by atoms with Gasteiger partial charge >= 0.3 is 0 Å². The van der Waals surface area contributed by atoms with Crippen LogP contribution in [0.3, 0.4) is 0 Å². The van der Waals surface area contributed by atoms with Crippen LogP contribution in [0.25, 0.3) is 11.3 Å². The first-order valence-corrected chi connectivity index (χ1v) is 6.53. The second-order valence-corrected chi connectivity index (χ2v) is 5.20. The van der Waals surface area contributed by atoms with Crippen LogP contribution in [-0.4, -0.2) is 30.5 Å². The molecule has 19 heavy (non-hydrogen) atoms. The van der Waals surface area contributed by atoms with Crippen molar-refractivity contribution < 1.29 is 0 Å². The van der Waals surface area contributed by atoms with Gasteiger partial charge in [0.15, 0.2) is 0 Å². The minimum absolute atomic E-state index is 0.576. The summed E-state index contributed by atoms with van der Waals surface area (Å²) in [6.45, 7) is 3.10. The van der Waals surface area contributed by atoms with Gasteiger partial charge in [0.1, 0.15) is 5.82 Å². The van der Waals surface area contributed by atoms with E-state index in [4.69, 9.17) is 5.73 Å². The van der Waals surface area contributed by atoms with Gasteiger partial charge in [-0.05, 0) is 50.7 Å². The van der Waals surface area contributed by atoms with E-state index in [1.165, 1.54) is 5.56 Å². The average Bonchev–Trinajstić information content (AvgIpc) is 2.36. The molecule has 1 aromatic carbocycles. The van der Waals surface area contributed by atoms with E-state index in [1.54, 1.807) is 0 Å². The van der Waals surface area contributed by atoms with Gasteiger partial charge in [0.25, 0.3) is 0 Å². The Bertz CT molecular complexity index is 524. The number of nitrogen functional groups attached to an aromatic ring is 1. The van der Waals surface area contributed by atoms with Crippen molar-refractivity contribution in [3.63, 3.8) is 0 Å². The molecule has 2 aromatic rings. The molecule has 3 heteroatoms. The molecule has 1 aromatic heterocycles. The monoisotopic (exact) mass is 255 g/mol. The molecular weight excluding hydrogens is 234 g/mol. The van der Waals surface area contributed by atoms with Gasteiger partial charge in [-0.1, -0.05) is 24.3 Å². The number of hydrogen-bond donors (Lipinski definition) is 1. The minimum Gasteiger partial charge on any atom is -0.384 e. The molecule has 2 N–H and O–H groups in total. The number of anilines is 1. The molecule has 0 unspecified atom stereocenters. The van der Waals surface area contributed by atoms with E-state index in [-0.39, 0.29) is 0 Å². The van der Waals surface area contributed by atoms with Crippen LogP contribution in [0.5, 0.6) is 0 Å². The SMILES string of the molecule is Cc1cc(N)nc(-c2ccc(CCN(C)C)cc2)c1. The van der Waals surface area contributed by atoms with Crippen molar-refractivity contribution in [2.24, 2.45) is 0 Å². The van der Waals surface area contributed by atoms with E-state index >= 15 is 0 Å². The maximum atomic E-state index is 5.79. The normalized spacial score (nSPS) is 10.9. The Balaban J connectivity index is 2.17. The molecule has 0 aliphatic heterocycles. The number of nitrogens with two attached hydrogens (primary N) is 1. The molecule has 3 nitrogen and oxygen atoms in total. The van der Waals surface area contributed by atoms with Crippen molar-refractivity contribution in [2.45, 2.75) is 13.3 Å². The van der Waals surface area contributed by atoms with Crippen molar-refractivity contribution in [3.8, 4) is 11.3 Å². The molecule has 0 bridgehead atoms. The van der Waals surface area contributed by atoms with Crippen LogP contribution < -0.4 is 5.73 Å². The summed E-state index contributed by atoms with van der Waals surface area (Å²) in [5.74, 6) is 0.576. The van der Waals surface area contributed by atoms with Gasteiger partial charge < -0.3 is 10.6 Å². The van der Waals surface area contributed by atoms with Gasteiger partial charge in [0.2, 0.25) is 0 Å². The van der Waals surface area contributed by atoms with Crippen molar-refractivity contribution >= 4 is 5.82 Å². The standard InChI is InChI=1S/C16H21N3/c1-12-10-15(18-16(17)11-12)14-6-4-13(5-7-14)8-9-19(2)3/h4-7,10-11H,8-9H2,1-3H3,(H2,17,18). The van der Waals surface area contributed by atoms with Gasteiger partial charge in [-0.3, -0.25) is 0 Å². The van der Waals surface area contributed by atoms with Gasteiger partial charge in [0, 0.05) is 12.1 Å². The average molecular weight is 255 g/mol. The second-order valence-electron chi connectivity index (χ2n) is 5.20. The Morgan fingerprint density at radius 2 is 1.79 bits per heavy atom. The van der Waals surface area contributed by atoms with Crippen LogP contribution in [-0.2, 0) is 6.42 Å². The highest BCUT2D eigenvalue weighted by atomic mass is 15.0. The van der Waals surface area contributed by atoms with Crippen LogP contribution in [0.15, 0.2) is 36.4 Å². The lowest BCUT2D eigenvalue weighted by Crippen LogP contribution is -2.14. The molecule has 0 aliphatic carbocycles. The Morgan fingerprint density at radius 1 is 1.11 bits per heavy atom. The van der Waals surface area contributed by atoms with Crippen LogP contribution in [0, 0.1) is 6.92 Å². The maximum Gasteiger partial charge on any atom is 0.124 e. The summed E-state index contributed by atoms with van der Waals surface area (Å²) in [5.41, 5.74) is 10.3. The summed E-state index contributed by atoms with van der Waals surface area (Å²) in [7, 11) is 4.18. The van der Waals surface area contributed by atoms with Gasteiger partial charge in [-0.2, -0.15) is 0 Å². The minimum atomic E-state index is 0.576. The lowest BCUT2D eigenvalue weighted by molar-refractivity contribution is 0.413. The fourth-order valence-corrected chi connectivity index (χ4v) is 2.04. The summed E-state index contributed by atoms with van der Waals surface area (Å²) in [5, 5.41) is 0. The number of aromatic nitrogens is 1. The predicted octanol–water partition coefficient (Wildman–Crippen LogP) is 2.74. The maximum absolute atomic E-state index is 5.79. The van der Waals surface area contributed by atoms with Crippen LogP contribution in [0.1, 0.15) is 11.1 Å². The lowest BCUT2D eigenvalue weighted by atomic mass is 10.1.